The van der Waals surface area contributed by atoms with E-state index in [1.54, 1.807) is 0 Å². The number of nitrogens with zero attached hydrogens (tertiary/aromatic N) is 1. The summed E-state index contributed by atoms with van der Waals surface area (Å²) in [4.78, 5) is 14.5. The van der Waals surface area contributed by atoms with Gasteiger partial charge in [0, 0.05) is 31.0 Å². The number of rotatable bonds is 5. The van der Waals surface area contributed by atoms with E-state index in [2.05, 4.69) is 12.1 Å². The molecule has 1 aromatic rings. The van der Waals surface area contributed by atoms with Crippen LogP contribution in [0.4, 0.5) is 0 Å². The third-order valence-corrected chi connectivity index (χ3v) is 4.89. The highest BCUT2D eigenvalue weighted by atomic mass is 35.5. The summed E-state index contributed by atoms with van der Waals surface area (Å²) in [5, 5.41) is 0. The molecule has 3 atom stereocenters. The first-order chi connectivity index (χ1) is 10.7. The van der Waals surface area contributed by atoms with Crippen molar-refractivity contribution >= 4 is 18.3 Å². The van der Waals surface area contributed by atoms with Crippen LogP contribution in [0.1, 0.15) is 31.2 Å². The molecule has 1 amide bonds. The van der Waals surface area contributed by atoms with Crippen LogP contribution in [0.2, 0.25) is 0 Å². The number of hydrogen-bond acceptors (Lipinski definition) is 3. The molecule has 2 aliphatic rings. The van der Waals surface area contributed by atoms with Gasteiger partial charge in [0.15, 0.2) is 0 Å². The smallest absolute Gasteiger partial charge is 0.225 e. The molecule has 5 heteroatoms. The van der Waals surface area contributed by atoms with Gasteiger partial charge in [-0.15, -0.1) is 12.4 Å². The van der Waals surface area contributed by atoms with Gasteiger partial charge < -0.3 is 15.4 Å². The minimum Gasteiger partial charge on any atom is -0.376 e. The molecule has 1 saturated heterocycles. The van der Waals surface area contributed by atoms with Crippen LogP contribution < -0.4 is 5.73 Å². The zero-order chi connectivity index (χ0) is 15.4. The lowest BCUT2D eigenvalue weighted by Crippen LogP contribution is -2.34. The Morgan fingerprint density at radius 2 is 2.00 bits per heavy atom. The standard InChI is InChI=1S/C18H26N2O2.ClH/c19-17-7-6-16(10-17)18(21)20-9-8-15(11-20)13-22-12-14-4-2-1-3-5-14;/h1-5,15-17H,6-13,19H2;1H. The van der Waals surface area contributed by atoms with Crippen molar-refractivity contribution in [2.45, 2.75) is 38.3 Å². The zero-order valence-corrected chi connectivity index (χ0v) is 14.3. The van der Waals surface area contributed by atoms with Gasteiger partial charge in [-0.3, -0.25) is 4.79 Å². The molecule has 3 rings (SSSR count). The van der Waals surface area contributed by atoms with Crippen molar-refractivity contribution in [3.05, 3.63) is 35.9 Å². The minimum atomic E-state index is 0. The molecule has 1 heterocycles. The van der Waals surface area contributed by atoms with Gasteiger partial charge in [-0.25, -0.2) is 0 Å². The maximum Gasteiger partial charge on any atom is 0.225 e. The van der Waals surface area contributed by atoms with Crippen LogP contribution in [0.15, 0.2) is 30.3 Å². The summed E-state index contributed by atoms with van der Waals surface area (Å²) in [6, 6.07) is 10.4. The largest absolute Gasteiger partial charge is 0.376 e. The minimum absolute atomic E-state index is 0. The number of benzene rings is 1. The number of ether oxygens (including phenoxy) is 1. The van der Waals surface area contributed by atoms with E-state index < -0.39 is 0 Å². The Kier molecular flexibility index (Phi) is 6.88. The van der Waals surface area contributed by atoms with Gasteiger partial charge in [0.05, 0.1) is 13.2 Å². The molecule has 128 valence electrons. The highest BCUT2D eigenvalue weighted by Crippen LogP contribution is 2.28. The van der Waals surface area contributed by atoms with Crippen LogP contribution in [0.3, 0.4) is 0 Å². The van der Waals surface area contributed by atoms with Crippen LogP contribution in [0.5, 0.6) is 0 Å². The van der Waals surface area contributed by atoms with Gasteiger partial charge in [0.1, 0.15) is 0 Å². The van der Waals surface area contributed by atoms with Crippen molar-refractivity contribution < 1.29 is 9.53 Å². The number of halogens is 1. The topological polar surface area (TPSA) is 55.6 Å². The average Bonchev–Trinajstić information content (AvgIpc) is 3.17. The molecule has 0 spiro atoms. The second-order valence-electron chi connectivity index (χ2n) is 6.71. The monoisotopic (exact) mass is 338 g/mol. The fourth-order valence-corrected chi connectivity index (χ4v) is 3.59. The lowest BCUT2D eigenvalue weighted by atomic mass is 10.1. The van der Waals surface area contributed by atoms with Crippen LogP contribution in [-0.2, 0) is 16.1 Å². The molecule has 3 unspecified atom stereocenters. The molecule has 1 aliphatic heterocycles. The Hall–Kier alpha value is -1.10. The predicted molar refractivity (Wildman–Crippen MR) is 93.3 cm³/mol. The quantitative estimate of drug-likeness (QED) is 0.897. The summed E-state index contributed by atoms with van der Waals surface area (Å²) in [6.07, 6.45) is 3.88. The number of nitrogens with two attached hydrogens (primary N) is 1. The summed E-state index contributed by atoms with van der Waals surface area (Å²) in [5.41, 5.74) is 7.12. The predicted octanol–water partition coefficient (Wildman–Crippen LogP) is 2.60. The number of carbonyl (C=O) groups is 1. The molecule has 23 heavy (non-hydrogen) atoms. The lowest BCUT2D eigenvalue weighted by molar-refractivity contribution is -0.134. The summed E-state index contributed by atoms with van der Waals surface area (Å²) in [5.74, 6) is 0.959. The Morgan fingerprint density at radius 1 is 1.22 bits per heavy atom. The second-order valence-corrected chi connectivity index (χ2v) is 6.71. The van der Waals surface area contributed by atoms with Gasteiger partial charge in [-0.2, -0.15) is 0 Å². The molecule has 4 nitrogen and oxygen atoms in total. The molecule has 1 saturated carbocycles. The van der Waals surface area contributed by atoms with E-state index in [1.807, 2.05) is 23.1 Å². The van der Waals surface area contributed by atoms with E-state index >= 15 is 0 Å². The summed E-state index contributed by atoms with van der Waals surface area (Å²) in [6.45, 7) is 3.12. The molecule has 0 radical (unpaired) electrons. The molecule has 1 aliphatic carbocycles. The highest BCUT2D eigenvalue weighted by Gasteiger charge is 2.34. The van der Waals surface area contributed by atoms with Crippen molar-refractivity contribution in [3.8, 4) is 0 Å². The lowest BCUT2D eigenvalue weighted by Gasteiger charge is -2.20. The van der Waals surface area contributed by atoms with Crippen LogP contribution in [-0.4, -0.2) is 36.5 Å². The average molecular weight is 339 g/mol. The van der Waals surface area contributed by atoms with E-state index in [1.165, 1.54) is 5.56 Å². The first kappa shape index (κ1) is 18.2. The number of amides is 1. The van der Waals surface area contributed by atoms with Crippen molar-refractivity contribution in [1.29, 1.82) is 0 Å². The molecular formula is C18H27ClN2O2. The van der Waals surface area contributed by atoms with E-state index in [4.69, 9.17) is 10.5 Å². The third kappa shape index (κ3) is 4.93. The van der Waals surface area contributed by atoms with Crippen LogP contribution in [0.25, 0.3) is 0 Å². The molecule has 2 N–H and O–H groups in total. The molecule has 0 aromatic heterocycles. The Bertz CT molecular complexity index is 497. The van der Waals surface area contributed by atoms with Crippen molar-refractivity contribution in [1.82, 2.24) is 4.90 Å². The number of likely N-dealkylation sites (tertiary alicyclic amines) is 1. The van der Waals surface area contributed by atoms with Crippen molar-refractivity contribution in [3.63, 3.8) is 0 Å². The highest BCUT2D eigenvalue weighted by molar-refractivity contribution is 5.85. The van der Waals surface area contributed by atoms with Gasteiger partial charge in [-0.1, -0.05) is 30.3 Å². The molecule has 2 fully saturated rings. The van der Waals surface area contributed by atoms with Crippen LogP contribution in [0, 0.1) is 11.8 Å². The first-order valence-corrected chi connectivity index (χ1v) is 8.38. The van der Waals surface area contributed by atoms with Gasteiger partial charge in [-0.05, 0) is 31.2 Å². The molecule has 0 bridgehead atoms. The maximum atomic E-state index is 12.5. The van der Waals surface area contributed by atoms with Crippen molar-refractivity contribution in [2.24, 2.45) is 17.6 Å². The van der Waals surface area contributed by atoms with E-state index in [-0.39, 0.29) is 24.4 Å². The van der Waals surface area contributed by atoms with Gasteiger partial charge in [0.25, 0.3) is 0 Å². The van der Waals surface area contributed by atoms with E-state index in [0.717, 1.165) is 45.4 Å². The Morgan fingerprint density at radius 3 is 2.70 bits per heavy atom. The second kappa shape index (κ2) is 8.67. The fraction of sp³-hybridized carbons (Fsp3) is 0.611. The Balaban J connectivity index is 0.00000192. The summed E-state index contributed by atoms with van der Waals surface area (Å²) >= 11 is 0. The third-order valence-electron chi connectivity index (χ3n) is 4.89. The zero-order valence-electron chi connectivity index (χ0n) is 13.5. The van der Waals surface area contributed by atoms with Crippen LogP contribution >= 0.6 is 12.4 Å². The van der Waals surface area contributed by atoms with Crippen molar-refractivity contribution in [2.75, 3.05) is 19.7 Å². The molecule has 1 aromatic carbocycles. The molecular weight excluding hydrogens is 312 g/mol. The van der Waals surface area contributed by atoms with Gasteiger partial charge >= 0.3 is 0 Å². The first-order valence-electron chi connectivity index (χ1n) is 8.38. The summed E-state index contributed by atoms with van der Waals surface area (Å²) in [7, 11) is 0. The maximum absolute atomic E-state index is 12.5. The van der Waals surface area contributed by atoms with Gasteiger partial charge in [0.2, 0.25) is 5.91 Å². The summed E-state index contributed by atoms with van der Waals surface area (Å²) < 4.78 is 5.82. The van der Waals surface area contributed by atoms with E-state index in [9.17, 15) is 4.79 Å². The van der Waals surface area contributed by atoms with E-state index in [0.29, 0.717) is 18.4 Å². The SMILES string of the molecule is Cl.NC1CCC(C(=O)N2CCC(COCc3ccccc3)C2)C1. The number of hydrogen-bond donors (Lipinski definition) is 1. The normalized spacial score (nSPS) is 27.0. The number of carbonyl (C=O) groups excluding carboxylic acids is 1. The Labute approximate surface area is 144 Å². The fourth-order valence-electron chi connectivity index (χ4n) is 3.59.